The molecule has 0 saturated heterocycles. The Morgan fingerprint density at radius 3 is 2.59 bits per heavy atom. The van der Waals surface area contributed by atoms with Gasteiger partial charge in [0.05, 0.1) is 11.7 Å². The zero-order chi connectivity index (χ0) is 11.1. The van der Waals surface area contributed by atoms with Crippen LogP contribution in [0.15, 0.2) is 27.5 Å². The van der Waals surface area contributed by atoms with Crippen molar-refractivity contribution in [2.45, 2.75) is 20.3 Å². The third-order valence-corrected chi connectivity index (χ3v) is 1.79. The van der Waals surface area contributed by atoms with E-state index in [2.05, 4.69) is 21.4 Å². The fraction of sp³-hybridized carbons (Fsp3) is 0.333. The number of aliphatic imine (C=N–C) groups is 2. The van der Waals surface area contributed by atoms with Gasteiger partial charge >= 0.3 is 0 Å². The van der Waals surface area contributed by atoms with Crippen molar-refractivity contribution in [1.29, 1.82) is 5.41 Å². The molecule has 4 nitrogen and oxygen atoms in total. The Hall–Kier alpha value is -0.606. The summed E-state index contributed by atoms with van der Waals surface area (Å²) in [6.45, 7) is 4.87. The van der Waals surface area contributed by atoms with Crippen LogP contribution in [0.1, 0.15) is 20.3 Å². The van der Waals surface area contributed by atoms with Crippen LogP contribution in [0, 0.1) is 18.9 Å². The van der Waals surface area contributed by atoms with Gasteiger partial charge in [0.25, 0.3) is 0 Å². The summed E-state index contributed by atoms with van der Waals surface area (Å²) in [6.07, 6.45) is 8.82. The maximum atomic E-state index is 7.54. The average molecular weight is 307 g/mol. The molecule has 0 saturated carbocycles. The van der Waals surface area contributed by atoms with E-state index in [1.807, 2.05) is 20.1 Å². The number of nitrogens with one attached hydrogen (secondary N) is 2. The smallest absolute Gasteiger partial charge is 0.0708 e. The molecule has 17 heavy (non-hydrogen) atoms. The Kier molecular flexibility index (Phi) is 11.6. The summed E-state index contributed by atoms with van der Waals surface area (Å²) in [5, 5.41) is 10.7. The molecule has 0 aliphatic carbocycles. The predicted octanol–water partition coefficient (Wildman–Crippen LogP) is 2.16. The zero-order valence-corrected chi connectivity index (χ0v) is 13.5. The van der Waals surface area contributed by atoms with Gasteiger partial charge in [0, 0.05) is 51.9 Å². The van der Waals surface area contributed by atoms with Gasteiger partial charge in [-0.25, -0.2) is 12.2 Å². The normalized spacial score (nSPS) is 20.5. The van der Waals surface area contributed by atoms with Crippen LogP contribution in [0.5, 0.6) is 0 Å². The second-order valence-electron chi connectivity index (χ2n) is 2.71. The van der Waals surface area contributed by atoms with Crippen molar-refractivity contribution in [3.05, 3.63) is 31.0 Å². The van der Waals surface area contributed by atoms with Crippen molar-refractivity contribution in [1.82, 2.24) is 5.32 Å². The van der Waals surface area contributed by atoms with Gasteiger partial charge in [0.2, 0.25) is 0 Å². The fourth-order valence-corrected chi connectivity index (χ4v) is 1.16. The standard InChI is InChI=1S/C9H9N4.C2H6.CH3.Y/c10-8-7(3-1-4-11-8)9-12-5-2-6-13-9;1-2;;/h3-5,10,13H,2,6H2;1-2H3;1H3;/q-1;;-1;/b9-7+,10-8?;;;. The van der Waals surface area contributed by atoms with E-state index in [-0.39, 0.29) is 46.0 Å². The van der Waals surface area contributed by atoms with Crippen LogP contribution in [-0.4, -0.2) is 24.8 Å². The Morgan fingerprint density at radius 2 is 2.06 bits per heavy atom. The van der Waals surface area contributed by atoms with E-state index in [0.29, 0.717) is 5.57 Å². The van der Waals surface area contributed by atoms with E-state index in [9.17, 15) is 0 Å². The number of amidine groups is 1. The Bertz CT molecular complexity index is 354. The van der Waals surface area contributed by atoms with Crippen LogP contribution in [0.25, 0.3) is 0 Å². The first kappa shape index (κ1) is 18.8. The summed E-state index contributed by atoms with van der Waals surface area (Å²) >= 11 is 0. The molecule has 5 heteroatoms. The molecule has 0 aromatic rings. The number of dihydropyridines is 1. The first-order valence-electron chi connectivity index (χ1n) is 5.09. The molecule has 0 unspecified atom stereocenters. The molecule has 2 N–H and O–H groups in total. The molecule has 2 rings (SSSR count). The predicted molar refractivity (Wildman–Crippen MR) is 69.9 cm³/mol. The van der Waals surface area contributed by atoms with Crippen LogP contribution in [0.3, 0.4) is 0 Å². The van der Waals surface area contributed by atoms with Crippen LogP contribution in [-0.2, 0) is 32.7 Å². The van der Waals surface area contributed by atoms with Crippen LogP contribution in [0.4, 0.5) is 0 Å². The summed E-state index contributed by atoms with van der Waals surface area (Å²) in [5.74, 6) is 0.959. The van der Waals surface area contributed by atoms with Gasteiger partial charge in [-0.05, 0) is 0 Å². The van der Waals surface area contributed by atoms with Crippen molar-refractivity contribution >= 4 is 18.3 Å². The first-order chi connectivity index (χ1) is 7.38. The second kappa shape index (κ2) is 10.5. The van der Waals surface area contributed by atoms with E-state index in [4.69, 9.17) is 5.41 Å². The van der Waals surface area contributed by atoms with Gasteiger partial charge in [-0.3, -0.25) is 9.98 Å². The molecule has 0 spiro atoms. The minimum absolute atomic E-state index is 0. The molecule has 0 fully saturated rings. The first-order valence-corrected chi connectivity index (χ1v) is 5.09. The number of hydrogen-bond acceptors (Lipinski definition) is 3. The van der Waals surface area contributed by atoms with Crippen molar-refractivity contribution in [3.8, 4) is 0 Å². The topological polar surface area (TPSA) is 60.6 Å². The maximum absolute atomic E-state index is 7.54. The quantitative estimate of drug-likeness (QED) is 0.662. The summed E-state index contributed by atoms with van der Waals surface area (Å²) in [5.41, 5.74) is 0.707. The van der Waals surface area contributed by atoms with E-state index < -0.39 is 0 Å². The van der Waals surface area contributed by atoms with Crippen molar-refractivity contribution < 1.29 is 32.7 Å². The van der Waals surface area contributed by atoms with Crippen molar-refractivity contribution in [2.24, 2.45) is 9.98 Å². The molecule has 0 amide bonds. The monoisotopic (exact) mass is 307 g/mol. The third kappa shape index (κ3) is 5.51. The SMILES string of the molecule is CC.N=C1N=C[C-]=C/C1=C1/N=CCCN1.[CH3-].[Y]. The van der Waals surface area contributed by atoms with E-state index in [1.54, 1.807) is 6.08 Å². The molecule has 0 aromatic heterocycles. The average Bonchev–Trinajstić information content (AvgIpc) is 2.33. The molecule has 2 aliphatic heterocycles. The Balaban J connectivity index is 0. The number of nitrogens with zero attached hydrogens (tertiary/aromatic N) is 2. The van der Waals surface area contributed by atoms with Crippen molar-refractivity contribution in [2.75, 3.05) is 6.54 Å². The molecule has 1 radical (unpaired) electrons. The minimum atomic E-state index is 0. The number of rotatable bonds is 0. The van der Waals surface area contributed by atoms with Gasteiger partial charge in [-0.15, -0.1) is 0 Å². The van der Waals surface area contributed by atoms with Gasteiger partial charge < -0.3 is 18.2 Å². The van der Waals surface area contributed by atoms with E-state index >= 15 is 0 Å². The molecule has 91 valence electrons. The summed E-state index contributed by atoms with van der Waals surface area (Å²) < 4.78 is 0. The number of hydrogen-bond donors (Lipinski definition) is 2. The summed E-state index contributed by atoms with van der Waals surface area (Å²) in [7, 11) is 0. The Morgan fingerprint density at radius 1 is 1.35 bits per heavy atom. The molecule has 2 aliphatic rings. The number of allylic oxidation sites excluding steroid dienone is 1. The van der Waals surface area contributed by atoms with E-state index in [0.717, 1.165) is 18.8 Å². The largest absolute Gasteiger partial charge is 0.384 e. The fourth-order valence-electron chi connectivity index (χ4n) is 1.16. The third-order valence-electron chi connectivity index (χ3n) is 1.79. The van der Waals surface area contributed by atoms with Gasteiger partial charge in [-0.2, -0.15) is 0 Å². The molecule has 0 atom stereocenters. The van der Waals surface area contributed by atoms with Crippen LogP contribution in [0.2, 0.25) is 0 Å². The van der Waals surface area contributed by atoms with Gasteiger partial charge in [0.15, 0.2) is 0 Å². The van der Waals surface area contributed by atoms with Crippen molar-refractivity contribution in [3.63, 3.8) is 0 Å². The van der Waals surface area contributed by atoms with Crippen LogP contribution < -0.4 is 5.32 Å². The molecular weight excluding hydrogens is 289 g/mol. The zero-order valence-electron chi connectivity index (χ0n) is 10.6. The Labute approximate surface area is 129 Å². The van der Waals surface area contributed by atoms with Crippen LogP contribution >= 0.6 is 0 Å². The molecule has 0 bridgehead atoms. The molecular formula is C12H18N4Y-2. The van der Waals surface area contributed by atoms with Gasteiger partial charge in [0.1, 0.15) is 0 Å². The molecule has 2 heterocycles. The second-order valence-corrected chi connectivity index (χ2v) is 2.71. The summed E-state index contributed by atoms with van der Waals surface area (Å²) in [6, 6.07) is 0. The van der Waals surface area contributed by atoms with E-state index in [1.165, 1.54) is 6.21 Å². The summed E-state index contributed by atoms with van der Waals surface area (Å²) in [4.78, 5) is 7.99. The molecule has 0 aromatic carbocycles. The maximum Gasteiger partial charge on any atom is 0.0708 e. The van der Waals surface area contributed by atoms with Gasteiger partial charge in [-0.1, -0.05) is 25.6 Å². The minimum Gasteiger partial charge on any atom is -0.384 e.